The first kappa shape index (κ1) is 15.0. The number of fused-ring (bicyclic) bond motifs is 1. The highest BCUT2D eigenvalue weighted by Crippen LogP contribution is 2.42. The third kappa shape index (κ3) is 3.46. The summed E-state index contributed by atoms with van der Waals surface area (Å²) >= 11 is 8.26. The van der Waals surface area contributed by atoms with E-state index in [1.54, 1.807) is 0 Å². The molecule has 2 aromatic carbocycles. The van der Waals surface area contributed by atoms with Crippen LogP contribution in [0.3, 0.4) is 0 Å². The number of hydrogen-bond acceptors (Lipinski definition) is 1. The number of hydrogen-bond donors (Lipinski definition) is 0. The Bertz CT molecular complexity index is 608. The maximum absolute atomic E-state index is 6.27. The normalized spacial score (nSPS) is 18.5. The standard InChI is InChI=1S/C19H21ClS/c1-14-6-2-3-7-16(14)10-15(12-20)11-17-13-21-19-9-5-4-8-18(17)19/h2-9,15,17H,10-13H2,1H3. The van der Waals surface area contributed by atoms with Crippen molar-refractivity contribution < 1.29 is 0 Å². The molecule has 0 amide bonds. The molecule has 0 saturated heterocycles. The lowest BCUT2D eigenvalue weighted by Gasteiger charge is -2.20. The molecular weight excluding hydrogens is 296 g/mol. The molecule has 21 heavy (non-hydrogen) atoms. The molecule has 1 heterocycles. The largest absolute Gasteiger partial charge is 0.126 e. The predicted octanol–water partition coefficient (Wildman–Crippen LogP) is 5.67. The van der Waals surface area contributed by atoms with E-state index in [4.69, 9.17) is 11.6 Å². The Balaban J connectivity index is 1.70. The Morgan fingerprint density at radius 1 is 1.14 bits per heavy atom. The van der Waals surface area contributed by atoms with Gasteiger partial charge in [-0.05, 0) is 54.4 Å². The van der Waals surface area contributed by atoms with Gasteiger partial charge in [-0.3, -0.25) is 0 Å². The zero-order valence-electron chi connectivity index (χ0n) is 12.4. The van der Waals surface area contributed by atoms with Crippen LogP contribution in [0.5, 0.6) is 0 Å². The number of thioether (sulfide) groups is 1. The second kappa shape index (κ2) is 6.89. The Morgan fingerprint density at radius 2 is 1.90 bits per heavy atom. The molecule has 0 saturated carbocycles. The van der Waals surface area contributed by atoms with Crippen LogP contribution in [0.25, 0.3) is 0 Å². The van der Waals surface area contributed by atoms with Crippen LogP contribution < -0.4 is 0 Å². The van der Waals surface area contributed by atoms with Gasteiger partial charge in [0, 0.05) is 16.5 Å². The number of aryl methyl sites for hydroxylation is 1. The summed E-state index contributed by atoms with van der Waals surface area (Å²) in [5.41, 5.74) is 4.36. The van der Waals surface area contributed by atoms with E-state index in [0.29, 0.717) is 11.8 Å². The van der Waals surface area contributed by atoms with E-state index in [0.717, 1.165) is 12.3 Å². The van der Waals surface area contributed by atoms with Crippen molar-refractivity contribution in [3.63, 3.8) is 0 Å². The highest BCUT2D eigenvalue weighted by Gasteiger charge is 2.25. The average molecular weight is 317 g/mol. The van der Waals surface area contributed by atoms with Crippen molar-refractivity contribution in [1.29, 1.82) is 0 Å². The lowest BCUT2D eigenvalue weighted by atomic mass is 9.87. The highest BCUT2D eigenvalue weighted by atomic mass is 35.5. The smallest absolute Gasteiger partial charge is 0.0255 e. The third-order valence-electron chi connectivity index (χ3n) is 4.40. The van der Waals surface area contributed by atoms with E-state index in [1.165, 1.54) is 33.8 Å². The summed E-state index contributed by atoms with van der Waals surface area (Å²) in [4.78, 5) is 1.46. The van der Waals surface area contributed by atoms with Crippen LogP contribution in [-0.2, 0) is 6.42 Å². The number of rotatable bonds is 5. The average Bonchev–Trinajstić information content (AvgIpc) is 2.92. The van der Waals surface area contributed by atoms with Crippen molar-refractivity contribution in [2.45, 2.75) is 30.6 Å². The van der Waals surface area contributed by atoms with Gasteiger partial charge in [0.25, 0.3) is 0 Å². The molecule has 1 aliphatic rings. The summed E-state index contributed by atoms with van der Waals surface area (Å²) in [5.74, 6) is 3.18. The van der Waals surface area contributed by atoms with Crippen molar-refractivity contribution in [1.82, 2.24) is 0 Å². The van der Waals surface area contributed by atoms with Gasteiger partial charge in [-0.15, -0.1) is 23.4 Å². The molecule has 0 bridgehead atoms. The molecule has 0 aromatic heterocycles. The minimum absolute atomic E-state index is 0.560. The van der Waals surface area contributed by atoms with E-state index in [9.17, 15) is 0 Å². The molecule has 2 heteroatoms. The fraction of sp³-hybridized carbons (Fsp3) is 0.368. The van der Waals surface area contributed by atoms with Crippen molar-refractivity contribution in [2.24, 2.45) is 5.92 Å². The first-order chi connectivity index (χ1) is 10.3. The monoisotopic (exact) mass is 316 g/mol. The van der Waals surface area contributed by atoms with E-state index in [2.05, 4.69) is 55.5 Å². The number of alkyl halides is 1. The minimum Gasteiger partial charge on any atom is -0.126 e. The van der Waals surface area contributed by atoms with Crippen LogP contribution in [0.15, 0.2) is 53.4 Å². The topological polar surface area (TPSA) is 0 Å². The zero-order chi connectivity index (χ0) is 14.7. The molecule has 0 spiro atoms. The zero-order valence-corrected chi connectivity index (χ0v) is 14.0. The second-order valence-electron chi connectivity index (χ2n) is 5.93. The molecule has 110 valence electrons. The van der Waals surface area contributed by atoms with Crippen LogP contribution in [0, 0.1) is 12.8 Å². The molecule has 0 nitrogen and oxygen atoms in total. The van der Waals surface area contributed by atoms with Crippen LogP contribution >= 0.6 is 23.4 Å². The highest BCUT2D eigenvalue weighted by molar-refractivity contribution is 7.99. The Labute approximate surface area is 136 Å². The van der Waals surface area contributed by atoms with Gasteiger partial charge in [0.1, 0.15) is 0 Å². The molecule has 0 fully saturated rings. The van der Waals surface area contributed by atoms with Crippen molar-refractivity contribution in [3.05, 3.63) is 65.2 Å². The predicted molar refractivity (Wildman–Crippen MR) is 93.6 cm³/mol. The fourth-order valence-corrected chi connectivity index (χ4v) is 4.69. The quantitative estimate of drug-likeness (QED) is 0.640. The summed E-state index contributed by atoms with van der Waals surface area (Å²) in [6, 6.07) is 17.5. The van der Waals surface area contributed by atoms with Crippen LogP contribution in [-0.4, -0.2) is 11.6 Å². The summed E-state index contributed by atoms with van der Waals surface area (Å²) in [7, 11) is 0. The summed E-state index contributed by atoms with van der Waals surface area (Å²) < 4.78 is 0. The van der Waals surface area contributed by atoms with Crippen LogP contribution in [0.2, 0.25) is 0 Å². The van der Waals surface area contributed by atoms with Crippen LogP contribution in [0.1, 0.15) is 29.0 Å². The third-order valence-corrected chi connectivity index (χ3v) is 6.09. The SMILES string of the molecule is Cc1ccccc1CC(CCl)CC1CSc2ccccc21. The Morgan fingerprint density at radius 3 is 2.71 bits per heavy atom. The van der Waals surface area contributed by atoms with Gasteiger partial charge in [-0.1, -0.05) is 42.5 Å². The molecule has 3 rings (SSSR count). The molecule has 0 radical (unpaired) electrons. The number of benzene rings is 2. The summed E-state index contributed by atoms with van der Waals surface area (Å²) in [6.45, 7) is 2.20. The lowest BCUT2D eigenvalue weighted by Crippen LogP contribution is -2.12. The van der Waals surface area contributed by atoms with Gasteiger partial charge < -0.3 is 0 Å². The minimum atomic E-state index is 0.560. The van der Waals surface area contributed by atoms with E-state index in [-0.39, 0.29) is 0 Å². The molecular formula is C19H21ClS. The van der Waals surface area contributed by atoms with Gasteiger partial charge in [0.2, 0.25) is 0 Å². The van der Waals surface area contributed by atoms with Crippen molar-refractivity contribution in [2.75, 3.05) is 11.6 Å². The molecule has 2 unspecified atom stereocenters. The molecule has 0 N–H and O–H groups in total. The summed E-state index contributed by atoms with van der Waals surface area (Å²) in [5, 5.41) is 0. The summed E-state index contributed by atoms with van der Waals surface area (Å²) in [6.07, 6.45) is 2.29. The van der Waals surface area contributed by atoms with Crippen molar-refractivity contribution >= 4 is 23.4 Å². The van der Waals surface area contributed by atoms with E-state index < -0.39 is 0 Å². The molecule has 2 atom stereocenters. The van der Waals surface area contributed by atoms with Crippen molar-refractivity contribution in [3.8, 4) is 0 Å². The maximum Gasteiger partial charge on any atom is 0.0255 e. The van der Waals surface area contributed by atoms with E-state index >= 15 is 0 Å². The second-order valence-corrected chi connectivity index (χ2v) is 7.30. The molecule has 0 aliphatic carbocycles. The molecule has 1 aliphatic heterocycles. The van der Waals surface area contributed by atoms with E-state index in [1.807, 2.05) is 11.8 Å². The Kier molecular flexibility index (Phi) is 4.92. The lowest BCUT2D eigenvalue weighted by molar-refractivity contribution is 0.490. The van der Waals surface area contributed by atoms with Crippen LogP contribution in [0.4, 0.5) is 0 Å². The first-order valence-corrected chi connectivity index (χ1v) is 9.12. The van der Waals surface area contributed by atoms with Gasteiger partial charge in [-0.2, -0.15) is 0 Å². The van der Waals surface area contributed by atoms with Gasteiger partial charge in [-0.25, -0.2) is 0 Å². The van der Waals surface area contributed by atoms with Gasteiger partial charge in [0.15, 0.2) is 0 Å². The van der Waals surface area contributed by atoms with Gasteiger partial charge in [0.05, 0.1) is 0 Å². The fourth-order valence-electron chi connectivity index (χ4n) is 3.18. The molecule has 2 aromatic rings. The number of halogens is 1. The van der Waals surface area contributed by atoms with Gasteiger partial charge >= 0.3 is 0 Å². The first-order valence-electron chi connectivity index (χ1n) is 7.60. The maximum atomic E-state index is 6.27. The Hall–Kier alpha value is -0.920.